The number of likely N-dealkylation sites (N-methyl/N-ethyl adjacent to an activating group) is 1. The van der Waals surface area contributed by atoms with Crippen LogP contribution in [-0.4, -0.2) is 59.6 Å². The minimum atomic E-state index is 0.177. The fourth-order valence-corrected chi connectivity index (χ4v) is 3.36. The van der Waals surface area contributed by atoms with Crippen molar-refractivity contribution < 1.29 is 4.79 Å². The van der Waals surface area contributed by atoms with Crippen LogP contribution in [-0.2, 0) is 0 Å². The molecular formula is C16H21N5O. The van der Waals surface area contributed by atoms with Crippen LogP contribution in [0.2, 0.25) is 0 Å². The number of amides is 2. The zero-order valence-corrected chi connectivity index (χ0v) is 12.9. The average molecular weight is 299 g/mol. The highest BCUT2D eigenvalue weighted by molar-refractivity contribution is 5.76. The quantitative estimate of drug-likeness (QED) is 0.852. The largest absolute Gasteiger partial charge is 0.355 e. The maximum Gasteiger partial charge on any atom is 0.320 e. The van der Waals surface area contributed by atoms with Gasteiger partial charge in [0.05, 0.1) is 5.56 Å². The summed E-state index contributed by atoms with van der Waals surface area (Å²) in [4.78, 5) is 22.7. The summed E-state index contributed by atoms with van der Waals surface area (Å²) >= 11 is 0. The Balaban J connectivity index is 1.64. The lowest BCUT2D eigenvalue weighted by atomic mass is 10.0. The smallest absolute Gasteiger partial charge is 0.320 e. The van der Waals surface area contributed by atoms with Crippen molar-refractivity contribution in [2.45, 2.75) is 25.8 Å². The highest BCUT2D eigenvalue weighted by atomic mass is 16.2. The van der Waals surface area contributed by atoms with Gasteiger partial charge < -0.3 is 14.7 Å². The molecule has 0 radical (unpaired) electrons. The standard InChI is InChI=1S/C16H21N5O/c1-2-19-10-11-21(16(19)22)14-5-8-20(9-6-14)15-13(12-17)4-3-7-18-15/h3-4,7,14H,2,5-6,8-11H2,1H3. The number of piperidine rings is 1. The summed E-state index contributed by atoms with van der Waals surface area (Å²) in [7, 11) is 0. The molecule has 0 N–H and O–H groups in total. The van der Waals surface area contributed by atoms with Crippen molar-refractivity contribution in [1.82, 2.24) is 14.8 Å². The molecule has 2 fully saturated rings. The third-order valence-electron chi connectivity index (χ3n) is 4.62. The topological polar surface area (TPSA) is 63.5 Å². The molecular weight excluding hydrogens is 278 g/mol. The highest BCUT2D eigenvalue weighted by Crippen LogP contribution is 2.25. The molecule has 0 aromatic carbocycles. The van der Waals surface area contributed by atoms with Crippen LogP contribution in [0.1, 0.15) is 25.3 Å². The van der Waals surface area contributed by atoms with E-state index in [1.54, 1.807) is 18.3 Å². The number of carbonyl (C=O) groups excluding carboxylic acids is 1. The number of aromatic nitrogens is 1. The zero-order chi connectivity index (χ0) is 15.5. The van der Waals surface area contributed by atoms with E-state index < -0.39 is 0 Å². The van der Waals surface area contributed by atoms with Crippen LogP contribution in [0.3, 0.4) is 0 Å². The van der Waals surface area contributed by atoms with E-state index in [1.165, 1.54) is 0 Å². The second-order valence-electron chi connectivity index (χ2n) is 5.76. The van der Waals surface area contributed by atoms with Gasteiger partial charge in [0.2, 0.25) is 0 Å². The fourth-order valence-electron chi connectivity index (χ4n) is 3.36. The van der Waals surface area contributed by atoms with Crippen LogP contribution in [0.15, 0.2) is 18.3 Å². The van der Waals surface area contributed by atoms with Crippen molar-refractivity contribution in [3.05, 3.63) is 23.9 Å². The first-order chi connectivity index (χ1) is 10.7. The van der Waals surface area contributed by atoms with Crippen molar-refractivity contribution in [1.29, 1.82) is 5.26 Å². The Bertz CT molecular complexity index is 588. The van der Waals surface area contributed by atoms with Gasteiger partial charge in [-0.25, -0.2) is 9.78 Å². The molecule has 3 rings (SSSR count). The minimum absolute atomic E-state index is 0.177. The molecule has 116 valence electrons. The number of anilines is 1. The van der Waals surface area contributed by atoms with E-state index in [-0.39, 0.29) is 6.03 Å². The van der Waals surface area contributed by atoms with E-state index in [0.29, 0.717) is 11.6 Å². The van der Waals surface area contributed by atoms with Gasteiger partial charge in [0.15, 0.2) is 0 Å². The van der Waals surface area contributed by atoms with Crippen LogP contribution in [0.4, 0.5) is 10.6 Å². The van der Waals surface area contributed by atoms with Crippen molar-refractivity contribution in [2.75, 3.05) is 37.6 Å². The molecule has 0 aliphatic carbocycles. The molecule has 0 bridgehead atoms. The number of hydrogen-bond donors (Lipinski definition) is 0. The molecule has 0 unspecified atom stereocenters. The third-order valence-corrected chi connectivity index (χ3v) is 4.62. The lowest BCUT2D eigenvalue weighted by molar-refractivity contribution is 0.169. The summed E-state index contributed by atoms with van der Waals surface area (Å²) in [5.41, 5.74) is 0.621. The number of nitriles is 1. The summed E-state index contributed by atoms with van der Waals surface area (Å²) in [6, 6.07) is 6.29. The van der Waals surface area contributed by atoms with Gasteiger partial charge in [-0.15, -0.1) is 0 Å². The van der Waals surface area contributed by atoms with Gasteiger partial charge in [-0.1, -0.05) is 0 Å². The maximum atomic E-state index is 12.3. The van der Waals surface area contributed by atoms with E-state index >= 15 is 0 Å². The number of urea groups is 1. The predicted molar refractivity (Wildman–Crippen MR) is 83.5 cm³/mol. The maximum absolute atomic E-state index is 12.3. The lowest BCUT2D eigenvalue weighted by Gasteiger charge is -2.37. The summed E-state index contributed by atoms with van der Waals surface area (Å²) in [5, 5.41) is 9.19. The zero-order valence-electron chi connectivity index (χ0n) is 12.9. The van der Waals surface area contributed by atoms with Crippen LogP contribution in [0.25, 0.3) is 0 Å². The highest BCUT2D eigenvalue weighted by Gasteiger charge is 2.34. The average Bonchev–Trinajstić information content (AvgIpc) is 2.95. The molecule has 0 atom stereocenters. The number of carbonyl (C=O) groups is 1. The number of pyridine rings is 1. The van der Waals surface area contributed by atoms with Gasteiger partial charge in [0.25, 0.3) is 0 Å². The fraction of sp³-hybridized carbons (Fsp3) is 0.562. The van der Waals surface area contributed by atoms with E-state index in [2.05, 4.69) is 16.0 Å². The Labute approximate surface area is 130 Å². The van der Waals surface area contributed by atoms with E-state index in [0.717, 1.165) is 51.4 Å². The van der Waals surface area contributed by atoms with Gasteiger partial charge in [0.1, 0.15) is 11.9 Å². The summed E-state index contributed by atoms with van der Waals surface area (Å²) in [6.45, 7) is 6.17. The number of nitrogens with zero attached hydrogens (tertiary/aromatic N) is 5. The Kier molecular flexibility index (Phi) is 4.14. The minimum Gasteiger partial charge on any atom is -0.355 e. The van der Waals surface area contributed by atoms with Gasteiger partial charge in [-0.3, -0.25) is 0 Å². The second-order valence-corrected chi connectivity index (χ2v) is 5.76. The predicted octanol–water partition coefficient (Wildman–Crippen LogP) is 1.68. The molecule has 6 nitrogen and oxygen atoms in total. The van der Waals surface area contributed by atoms with Crippen LogP contribution in [0.5, 0.6) is 0 Å². The number of rotatable bonds is 3. The molecule has 0 saturated carbocycles. The van der Waals surface area contributed by atoms with Crippen molar-refractivity contribution in [3.8, 4) is 6.07 Å². The van der Waals surface area contributed by atoms with Gasteiger partial charge in [-0.05, 0) is 31.9 Å². The molecule has 3 heterocycles. The number of hydrogen-bond acceptors (Lipinski definition) is 4. The van der Waals surface area contributed by atoms with E-state index in [1.807, 2.05) is 16.7 Å². The molecule has 2 aliphatic rings. The first-order valence-electron chi connectivity index (χ1n) is 7.90. The van der Waals surface area contributed by atoms with Gasteiger partial charge in [0, 0.05) is 45.0 Å². The van der Waals surface area contributed by atoms with Gasteiger partial charge >= 0.3 is 6.03 Å². The van der Waals surface area contributed by atoms with E-state index in [4.69, 9.17) is 0 Å². The van der Waals surface area contributed by atoms with Crippen molar-refractivity contribution >= 4 is 11.8 Å². The van der Waals surface area contributed by atoms with Crippen LogP contribution >= 0.6 is 0 Å². The molecule has 2 amide bonds. The monoisotopic (exact) mass is 299 g/mol. The Morgan fingerprint density at radius 3 is 2.73 bits per heavy atom. The first-order valence-corrected chi connectivity index (χ1v) is 7.90. The van der Waals surface area contributed by atoms with Crippen LogP contribution in [0, 0.1) is 11.3 Å². The van der Waals surface area contributed by atoms with Crippen molar-refractivity contribution in [3.63, 3.8) is 0 Å². The SMILES string of the molecule is CCN1CCN(C2CCN(c3ncccc3C#N)CC2)C1=O. The summed E-state index contributed by atoms with van der Waals surface area (Å²) < 4.78 is 0. The Morgan fingerprint density at radius 2 is 2.09 bits per heavy atom. The molecule has 22 heavy (non-hydrogen) atoms. The van der Waals surface area contributed by atoms with E-state index in [9.17, 15) is 10.1 Å². The third kappa shape index (κ3) is 2.59. The van der Waals surface area contributed by atoms with Gasteiger partial charge in [-0.2, -0.15) is 5.26 Å². The summed E-state index contributed by atoms with van der Waals surface area (Å²) in [6.07, 6.45) is 3.60. The Hall–Kier alpha value is -2.29. The molecule has 0 spiro atoms. The first kappa shape index (κ1) is 14.6. The molecule has 1 aromatic heterocycles. The summed E-state index contributed by atoms with van der Waals surface area (Å²) in [5.74, 6) is 0.770. The van der Waals surface area contributed by atoms with Crippen LogP contribution < -0.4 is 4.90 Å². The van der Waals surface area contributed by atoms with Crippen molar-refractivity contribution in [2.24, 2.45) is 0 Å². The molecule has 2 saturated heterocycles. The lowest BCUT2D eigenvalue weighted by Crippen LogP contribution is -2.47. The molecule has 1 aromatic rings. The Morgan fingerprint density at radius 1 is 1.32 bits per heavy atom. The molecule has 6 heteroatoms. The normalized spacial score (nSPS) is 19.6. The second kappa shape index (κ2) is 6.22. The molecule has 2 aliphatic heterocycles.